The van der Waals surface area contributed by atoms with Crippen LogP contribution < -0.4 is 5.32 Å². The number of H-pyrrole nitrogens is 1. The van der Waals surface area contributed by atoms with E-state index >= 15 is 0 Å². The third kappa shape index (κ3) is 2.32. The molecule has 84 valence electrons. The minimum Gasteiger partial charge on any atom is -0.314 e. The fourth-order valence-corrected chi connectivity index (χ4v) is 2.14. The van der Waals surface area contributed by atoms with E-state index in [1.807, 2.05) is 0 Å². The third-order valence-electron chi connectivity index (χ3n) is 2.80. The van der Waals surface area contributed by atoms with Crippen molar-refractivity contribution in [3.05, 3.63) is 5.82 Å². The molecule has 6 nitrogen and oxygen atoms in total. The smallest absolute Gasteiger partial charge is 0.191 e. The van der Waals surface area contributed by atoms with Gasteiger partial charge in [0.25, 0.3) is 0 Å². The number of tetrazole rings is 1. The maximum atomic E-state index is 4.10. The van der Waals surface area contributed by atoms with Crippen LogP contribution >= 0.6 is 0 Å². The van der Waals surface area contributed by atoms with Gasteiger partial charge in [0, 0.05) is 26.2 Å². The fourth-order valence-electron chi connectivity index (χ4n) is 2.14. The number of hydrogen-bond donors (Lipinski definition) is 2. The zero-order valence-corrected chi connectivity index (χ0v) is 9.27. The molecule has 2 N–H and O–H groups in total. The summed E-state index contributed by atoms with van der Waals surface area (Å²) in [5.74, 6) is 1.31. The summed E-state index contributed by atoms with van der Waals surface area (Å²) in [6.45, 7) is 8.59. The number of aromatic nitrogens is 4. The van der Waals surface area contributed by atoms with Crippen LogP contribution in [0, 0.1) is 5.92 Å². The van der Waals surface area contributed by atoms with Crippen LogP contribution in [-0.4, -0.2) is 51.7 Å². The molecule has 0 saturated carbocycles. The highest BCUT2D eigenvalue weighted by Gasteiger charge is 2.27. The van der Waals surface area contributed by atoms with Gasteiger partial charge in [-0.1, -0.05) is 19.1 Å². The standard InChI is InChI=1S/C9H18N6/c1-7(2)8(9-11-13-14-12-9)15-5-3-10-4-6-15/h7-8,10H,3-6H2,1-2H3,(H,11,12,13,14). The first kappa shape index (κ1) is 10.5. The molecule has 2 rings (SSSR count). The second-order valence-electron chi connectivity index (χ2n) is 4.24. The average molecular weight is 210 g/mol. The van der Waals surface area contributed by atoms with E-state index in [-0.39, 0.29) is 6.04 Å². The van der Waals surface area contributed by atoms with Gasteiger partial charge in [-0.3, -0.25) is 4.90 Å². The van der Waals surface area contributed by atoms with Crippen LogP contribution in [0.4, 0.5) is 0 Å². The Morgan fingerprint density at radius 3 is 2.53 bits per heavy atom. The number of rotatable bonds is 3. The number of hydrogen-bond acceptors (Lipinski definition) is 5. The monoisotopic (exact) mass is 210 g/mol. The van der Waals surface area contributed by atoms with Crippen molar-refractivity contribution in [2.75, 3.05) is 26.2 Å². The van der Waals surface area contributed by atoms with Crippen LogP contribution in [0.15, 0.2) is 0 Å². The predicted octanol–water partition coefficient (Wildman–Crippen LogP) is -0.198. The van der Waals surface area contributed by atoms with Crippen LogP contribution in [0.25, 0.3) is 0 Å². The summed E-state index contributed by atoms with van der Waals surface area (Å²) in [5, 5.41) is 17.7. The molecule has 0 aromatic carbocycles. The maximum Gasteiger partial charge on any atom is 0.191 e. The predicted molar refractivity (Wildman–Crippen MR) is 56.2 cm³/mol. The summed E-state index contributed by atoms with van der Waals surface area (Å²) in [6.07, 6.45) is 0. The number of aromatic amines is 1. The van der Waals surface area contributed by atoms with E-state index in [4.69, 9.17) is 0 Å². The molecule has 15 heavy (non-hydrogen) atoms. The van der Waals surface area contributed by atoms with Crippen molar-refractivity contribution in [2.45, 2.75) is 19.9 Å². The van der Waals surface area contributed by atoms with Crippen molar-refractivity contribution in [2.24, 2.45) is 5.92 Å². The van der Waals surface area contributed by atoms with Gasteiger partial charge < -0.3 is 5.32 Å². The molecule has 1 fully saturated rings. The maximum absolute atomic E-state index is 4.10. The molecular formula is C9H18N6. The van der Waals surface area contributed by atoms with Crippen molar-refractivity contribution in [1.82, 2.24) is 30.8 Å². The van der Waals surface area contributed by atoms with Gasteiger partial charge in [0.2, 0.25) is 0 Å². The lowest BCUT2D eigenvalue weighted by Crippen LogP contribution is -2.46. The van der Waals surface area contributed by atoms with E-state index < -0.39 is 0 Å². The quantitative estimate of drug-likeness (QED) is 0.723. The zero-order valence-electron chi connectivity index (χ0n) is 9.27. The fraction of sp³-hybridized carbons (Fsp3) is 0.889. The van der Waals surface area contributed by atoms with E-state index in [2.05, 4.69) is 44.7 Å². The highest BCUT2D eigenvalue weighted by atomic mass is 15.5. The molecule has 0 aliphatic carbocycles. The summed E-state index contributed by atoms with van der Waals surface area (Å²) < 4.78 is 0. The molecule has 1 unspecified atom stereocenters. The van der Waals surface area contributed by atoms with Crippen molar-refractivity contribution in [3.8, 4) is 0 Å². The first-order chi connectivity index (χ1) is 7.29. The Morgan fingerprint density at radius 1 is 1.27 bits per heavy atom. The Hall–Kier alpha value is -1.01. The molecule has 1 aliphatic rings. The van der Waals surface area contributed by atoms with Crippen LogP contribution in [0.1, 0.15) is 25.7 Å². The second-order valence-corrected chi connectivity index (χ2v) is 4.24. The van der Waals surface area contributed by atoms with Gasteiger partial charge in [-0.05, 0) is 5.92 Å². The number of nitrogens with zero attached hydrogens (tertiary/aromatic N) is 4. The second kappa shape index (κ2) is 4.67. The molecule has 1 aromatic heterocycles. The Kier molecular flexibility index (Phi) is 3.27. The van der Waals surface area contributed by atoms with Crippen molar-refractivity contribution >= 4 is 0 Å². The molecule has 0 amide bonds. The van der Waals surface area contributed by atoms with Crippen molar-refractivity contribution < 1.29 is 0 Å². The van der Waals surface area contributed by atoms with Crippen LogP contribution in [-0.2, 0) is 0 Å². The zero-order chi connectivity index (χ0) is 10.7. The number of piperazine rings is 1. The van der Waals surface area contributed by atoms with E-state index in [9.17, 15) is 0 Å². The van der Waals surface area contributed by atoms with E-state index in [0.717, 1.165) is 32.0 Å². The van der Waals surface area contributed by atoms with Crippen LogP contribution in [0.2, 0.25) is 0 Å². The molecule has 2 heterocycles. The first-order valence-electron chi connectivity index (χ1n) is 5.47. The highest BCUT2D eigenvalue weighted by molar-refractivity contribution is 4.93. The minimum absolute atomic E-state index is 0.283. The van der Waals surface area contributed by atoms with Gasteiger partial charge >= 0.3 is 0 Å². The summed E-state index contributed by atoms with van der Waals surface area (Å²) in [5.41, 5.74) is 0. The lowest BCUT2D eigenvalue weighted by Gasteiger charge is -2.35. The minimum atomic E-state index is 0.283. The van der Waals surface area contributed by atoms with E-state index in [1.54, 1.807) is 0 Å². The Balaban J connectivity index is 2.12. The average Bonchev–Trinajstić information content (AvgIpc) is 2.72. The number of nitrogens with one attached hydrogen (secondary N) is 2. The lowest BCUT2D eigenvalue weighted by atomic mass is 10.0. The SMILES string of the molecule is CC(C)C(c1nn[nH]n1)N1CCNCC1. The molecule has 1 aliphatic heterocycles. The topological polar surface area (TPSA) is 69.7 Å². The Bertz CT molecular complexity index is 277. The summed E-state index contributed by atoms with van der Waals surface area (Å²) in [6, 6.07) is 0.283. The van der Waals surface area contributed by atoms with E-state index in [0.29, 0.717) is 5.92 Å². The van der Waals surface area contributed by atoms with Crippen molar-refractivity contribution in [3.63, 3.8) is 0 Å². The van der Waals surface area contributed by atoms with Gasteiger partial charge in [0.05, 0.1) is 6.04 Å². The molecule has 6 heteroatoms. The third-order valence-corrected chi connectivity index (χ3v) is 2.80. The first-order valence-corrected chi connectivity index (χ1v) is 5.47. The van der Waals surface area contributed by atoms with Gasteiger partial charge in [0.15, 0.2) is 5.82 Å². The highest BCUT2D eigenvalue weighted by Crippen LogP contribution is 2.25. The molecule has 1 saturated heterocycles. The summed E-state index contributed by atoms with van der Waals surface area (Å²) >= 11 is 0. The van der Waals surface area contributed by atoms with Gasteiger partial charge in [-0.25, -0.2) is 0 Å². The van der Waals surface area contributed by atoms with Gasteiger partial charge in [0.1, 0.15) is 0 Å². The van der Waals surface area contributed by atoms with Crippen LogP contribution in [0.3, 0.4) is 0 Å². The van der Waals surface area contributed by atoms with Gasteiger partial charge in [-0.2, -0.15) is 5.21 Å². The molecule has 1 aromatic rings. The van der Waals surface area contributed by atoms with Crippen LogP contribution in [0.5, 0.6) is 0 Å². The van der Waals surface area contributed by atoms with Gasteiger partial charge in [-0.15, -0.1) is 10.2 Å². The summed E-state index contributed by atoms with van der Waals surface area (Å²) in [4.78, 5) is 2.42. The largest absolute Gasteiger partial charge is 0.314 e. The molecule has 1 atom stereocenters. The summed E-state index contributed by atoms with van der Waals surface area (Å²) in [7, 11) is 0. The molecule has 0 bridgehead atoms. The Labute approximate surface area is 89.4 Å². The molecule has 0 radical (unpaired) electrons. The van der Waals surface area contributed by atoms with Crippen molar-refractivity contribution in [1.29, 1.82) is 0 Å². The molecular weight excluding hydrogens is 192 g/mol. The molecule has 0 spiro atoms. The van der Waals surface area contributed by atoms with E-state index in [1.165, 1.54) is 0 Å². The Morgan fingerprint density at radius 2 is 2.00 bits per heavy atom. The lowest BCUT2D eigenvalue weighted by molar-refractivity contribution is 0.130. The normalized spacial score (nSPS) is 20.7.